The molecule has 0 unspecified atom stereocenters. The van der Waals surface area contributed by atoms with Gasteiger partial charge in [0.2, 0.25) is 5.91 Å². The van der Waals surface area contributed by atoms with Crippen LogP contribution in [0.5, 0.6) is 0 Å². The third-order valence-electron chi connectivity index (χ3n) is 2.06. The van der Waals surface area contributed by atoms with E-state index < -0.39 is 0 Å². The number of para-hydroxylation sites is 1. The third kappa shape index (κ3) is 5.59. The summed E-state index contributed by atoms with van der Waals surface area (Å²) in [6.07, 6.45) is 0.433. The molecule has 0 spiro atoms. The topological polar surface area (TPSA) is 41.1 Å². The van der Waals surface area contributed by atoms with Crippen LogP contribution in [0.4, 0.5) is 5.69 Å². The Morgan fingerprint density at radius 3 is 2.53 bits per heavy atom. The summed E-state index contributed by atoms with van der Waals surface area (Å²) in [5.74, 6) is 0.0389. The first-order chi connectivity index (χ1) is 7.88. The fraction of sp³-hybridized carbons (Fsp3) is 0.462. The lowest BCUT2D eigenvalue weighted by molar-refractivity contribution is -0.122. The Labute approximate surface area is 108 Å². The number of hydrogen-bond donors (Lipinski definition) is 2. The van der Waals surface area contributed by atoms with Crippen molar-refractivity contribution in [2.45, 2.75) is 32.7 Å². The fourth-order valence-electron chi connectivity index (χ4n) is 1.40. The van der Waals surface area contributed by atoms with Gasteiger partial charge in [-0.05, 0) is 32.9 Å². The van der Waals surface area contributed by atoms with E-state index in [2.05, 4.69) is 10.6 Å². The van der Waals surface area contributed by atoms with Gasteiger partial charge in [0.05, 0.1) is 10.7 Å². The van der Waals surface area contributed by atoms with E-state index in [0.29, 0.717) is 18.0 Å². The lowest BCUT2D eigenvalue weighted by atomic mass is 10.1. The highest BCUT2D eigenvalue weighted by Gasteiger charge is 2.12. The van der Waals surface area contributed by atoms with Crippen LogP contribution in [0.3, 0.4) is 0 Å². The van der Waals surface area contributed by atoms with E-state index in [4.69, 9.17) is 11.6 Å². The van der Waals surface area contributed by atoms with Crippen molar-refractivity contribution in [3.8, 4) is 0 Å². The maximum absolute atomic E-state index is 11.5. The molecule has 0 aliphatic carbocycles. The molecule has 2 N–H and O–H groups in total. The van der Waals surface area contributed by atoms with Gasteiger partial charge in [0.15, 0.2) is 0 Å². The smallest absolute Gasteiger partial charge is 0.222 e. The van der Waals surface area contributed by atoms with Crippen molar-refractivity contribution >= 4 is 23.2 Å². The molecule has 17 heavy (non-hydrogen) atoms. The molecule has 0 heterocycles. The van der Waals surface area contributed by atoms with E-state index in [-0.39, 0.29) is 11.4 Å². The predicted octanol–water partition coefficient (Wildman–Crippen LogP) is 3.06. The highest BCUT2D eigenvalue weighted by molar-refractivity contribution is 6.33. The standard InChI is InChI=1S/C13H19ClN2O/c1-13(2,3)16-12(17)8-9-15-11-7-5-4-6-10(11)14/h4-7,15H,8-9H2,1-3H3,(H,16,17). The minimum Gasteiger partial charge on any atom is -0.383 e. The van der Waals surface area contributed by atoms with Gasteiger partial charge in [-0.3, -0.25) is 4.79 Å². The van der Waals surface area contributed by atoms with Gasteiger partial charge in [-0.1, -0.05) is 23.7 Å². The molecule has 0 radical (unpaired) electrons. The van der Waals surface area contributed by atoms with Crippen molar-refractivity contribution in [1.82, 2.24) is 5.32 Å². The molecule has 0 saturated carbocycles. The molecule has 0 saturated heterocycles. The summed E-state index contributed by atoms with van der Waals surface area (Å²) in [4.78, 5) is 11.5. The molecule has 0 aliphatic rings. The lowest BCUT2D eigenvalue weighted by Gasteiger charge is -2.20. The van der Waals surface area contributed by atoms with E-state index in [0.717, 1.165) is 5.69 Å². The molecule has 0 atom stereocenters. The summed E-state index contributed by atoms with van der Waals surface area (Å²) in [7, 11) is 0. The molecule has 1 amide bonds. The number of halogens is 1. The molecule has 1 rings (SSSR count). The molecule has 3 nitrogen and oxygen atoms in total. The van der Waals surface area contributed by atoms with Crippen LogP contribution in [0.2, 0.25) is 5.02 Å². The number of carbonyl (C=O) groups is 1. The Bertz CT molecular complexity index is 385. The second-order valence-electron chi connectivity index (χ2n) is 4.95. The Kier molecular flexibility index (Phi) is 4.82. The first-order valence-corrected chi connectivity index (χ1v) is 6.06. The van der Waals surface area contributed by atoms with E-state index in [1.165, 1.54) is 0 Å². The summed E-state index contributed by atoms with van der Waals surface area (Å²) in [6.45, 7) is 6.47. The Balaban J connectivity index is 2.34. The summed E-state index contributed by atoms with van der Waals surface area (Å²) in [5, 5.41) is 6.72. The second-order valence-corrected chi connectivity index (χ2v) is 5.36. The molecule has 1 aromatic rings. The third-order valence-corrected chi connectivity index (χ3v) is 2.39. The maximum atomic E-state index is 11.5. The minimum atomic E-state index is -0.179. The Morgan fingerprint density at radius 1 is 1.29 bits per heavy atom. The minimum absolute atomic E-state index is 0.0389. The SMILES string of the molecule is CC(C)(C)NC(=O)CCNc1ccccc1Cl. The highest BCUT2D eigenvalue weighted by atomic mass is 35.5. The van der Waals surface area contributed by atoms with Gasteiger partial charge >= 0.3 is 0 Å². The van der Waals surface area contributed by atoms with Crippen molar-refractivity contribution in [1.29, 1.82) is 0 Å². The summed E-state index contributed by atoms with van der Waals surface area (Å²) in [6, 6.07) is 7.49. The molecule has 1 aromatic carbocycles. The fourth-order valence-corrected chi connectivity index (χ4v) is 1.60. The van der Waals surface area contributed by atoms with Gasteiger partial charge in [-0.25, -0.2) is 0 Å². The largest absolute Gasteiger partial charge is 0.383 e. The summed E-state index contributed by atoms with van der Waals surface area (Å²) < 4.78 is 0. The van der Waals surface area contributed by atoms with E-state index in [9.17, 15) is 4.79 Å². The van der Waals surface area contributed by atoms with Crippen LogP contribution in [0, 0.1) is 0 Å². The predicted molar refractivity (Wildman–Crippen MR) is 72.5 cm³/mol. The van der Waals surface area contributed by atoms with Gasteiger partial charge in [0, 0.05) is 18.5 Å². The number of benzene rings is 1. The van der Waals surface area contributed by atoms with Crippen LogP contribution in [-0.4, -0.2) is 18.0 Å². The average molecular weight is 255 g/mol. The zero-order valence-electron chi connectivity index (χ0n) is 10.5. The number of amides is 1. The number of hydrogen-bond acceptors (Lipinski definition) is 2. The highest BCUT2D eigenvalue weighted by Crippen LogP contribution is 2.20. The van der Waals surface area contributed by atoms with Crippen LogP contribution in [-0.2, 0) is 4.79 Å². The van der Waals surface area contributed by atoms with Gasteiger partial charge in [-0.15, -0.1) is 0 Å². The van der Waals surface area contributed by atoms with E-state index in [1.807, 2.05) is 45.0 Å². The molecule has 0 aromatic heterocycles. The zero-order chi connectivity index (χ0) is 12.9. The van der Waals surface area contributed by atoms with Crippen LogP contribution in [0.25, 0.3) is 0 Å². The van der Waals surface area contributed by atoms with E-state index in [1.54, 1.807) is 0 Å². The molecule has 0 bridgehead atoms. The van der Waals surface area contributed by atoms with Crippen LogP contribution >= 0.6 is 11.6 Å². The molecular formula is C13H19ClN2O. The Hall–Kier alpha value is -1.22. The van der Waals surface area contributed by atoms with Crippen molar-refractivity contribution in [3.05, 3.63) is 29.3 Å². The number of rotatable bonds is 4. The molecule has 0 aliphatic heterocycles. The first-order valence-electron chi connectivity index (χ1n) is 5.68. The zero-order valence-corrected chi connectivity index (χ0v) is 11.3. The van der Waals surface area contributed by atoms with Gasteiger partial charge in [-0.2, -0.15) is 0 Å². The second kappa shape index (κ2) is 5.92. The monoisotopic (exact) mass is 254 g/mol. The summed E-state index contributed by atoms with van der Waals surface area (Å²) in [5.41, 5.74) is 0.680. The Morgan fingerprint density at radius 2 is 1.94 bits per heavy atom. The molecular weight excluding hydrogens is 236 g/mol. The maximum Gasteiger partial charge on any atom is 0.222 e. The van der Waals surface area contributed by atoms with Crippen LogP contribution in [0.15, 0.2) is 24.3 Å². The van der Waals surface area contributed by atoms with Crippen LogP contribution < -0.4 is 10.6 Å². The number of carbonyl (C=O) groups excluding carboxylic acids is 1. The van der Waals surface area contributed by atoms with Crippen LogP contribution in [0.1, 0.15) is 27.2 Å². The lowest BCUT2D eigenvalue weighted by Crippen LogP contribution is -2.41. The summed E-state index contributed by atoms with van der Waals surface area (Å²) >= 11 is 5.98. The number of nitrogens with one attached hydrogen (secondary N) is 2. The normalized spacial score (nSPS) is 11.1. The quantitative estimate of drug-likeness (QED) is 0.867. The molecule has 94 valence electrons. The van der Waals surface area contributed by atoms with Crippen molar-refractivity contribution in [2.75, 3.05) is 11.9 Å². The first kappa shape index (κ1) is 13.8. The van der Waals surface area contributed by atoms with Crippen molar-refractivity contribution in [3.63, 3.8) is 0 Å². The molecule has 0 fully saturated rings. The van der Waals surface area contributed by atoms with Crippen molar-refractivity contribution in [2.24, 2.45) is 0 Å². The molecule has 4 heteroatoms. The van der Waals surface area contributed by atoms with E-state index >= 15 is 0 Å². The van der Waals surface area contributed by atoms with Gasteiger partial charge < -0.3 is 10.6 Å². The average Bonchev–Trinajstić information content (AvgIpc) is 2.18. The van der Waals surface area contributed by atoms with Gasteiger partial charge in [0.25, 0.3) is 0 Å². The van der Waals surface area contributed by atoms with Crippen molar-refractivity contribution < 1.29 is 4.79 Å². The van der Waals surface area contributed by atoms with Gasteiger partial charge in [0.1, 0.15) is 0 Å². The number of anilines is 1.